The summed E-state index contributed by atoms with van der Waals surface area (Å²) >= 11 is 1.65. The maximum Gasteiger partial charge on any atom is 0.227 e. The Morgan fingerprint density at radius 3 is 2.75 bits per heavy atom. The van der Waals surface area contributed by atoms with Gasteiger partial charge in [-0.05, 0) is 19.3 Å². The molecule has 2 amide bonds. The van der Waals surface area contributed by atoms with E-state index in [0.717, 1.165) is 57.1 Å². The molecular weight excluding hydrogens is 324 g/mol. The first kappa shape index (κ1) is 17.2. The SMILES string of the molecule is CCC(=O)N1CCCC(C(=O)N2CCCN(c3nccs3)CC2)C1. The third kappa shape index (κ3) is 3.88. The van der Waals surface area contributed by atoms with E-state index in [-0.39, 0.29) is 17.7 Å². The van der Waals surface area contributed by atoms with Crippen molar-refractivity contribution in [3.8, 4) is 0 Å². The second-order valence-corrected chi connectivity index (χ2v) is 7.39. The number of amides is 2. The minimum absolute atomic E-state index is 0.0272. The van der Waals surface area contributed by atoms with E-state index in [1.54, 1.807) is 11.3 Å². The zero-order valence-electron chi connectivity index (χ0n) is 14.3. The quantitative estimate of drug-likeness (QED) is 0.835. The molecule has 0 aliphatic carbocycles. The van der Waals surface area contributed by atoms with Crippen molar-refractivity contribution in [3.05, 3.63) is 11.6 Å². The molecule has 1 aromatic rings. The number of nitrogens with zero attached hydrogens (tertiary/aromatic N) is 4. The Kier molecular flexibility index (Phi) is 5.71. The lowest BCUT2D eigenvalue weighted by Crippen LogP contribution is -2.47. The average molecular weight is 350 g/mol. The first-order chi connectivity index (χ1) is 11.7. The molecule has 3 heterocycles. The van der Waals surface area contributed by atoms with Crippen LogP contribution in [0.3, 0.4) is 0 Å². The molecular formula is C17H26N4O2S. The Morgan fingerprint density at radius 1 is 1.17 bits per heavy atom. The predicted molar refractivity (Wildman–Crippen MR) is 95.1 cm³/mol. The van der Waals surface area contributed by atoms with E-state index in [1.165, 1.54) is 0 Å². The van der Waals surface area contributed by atoms with Gasteiger partial charge in [0.05, 0.1) is 5.92 Å². The number of hydrogen-bond donors (Lipinski definition) is 0. The van der Waals surface area contributed by atoms with Crippen molar-refractivity contribution in [3.63, 3.8) is 0 Å². The van der Waals surface area contributed by atoms with Crippen LogP contribution >= 0.6 is 11.3 Å². The van der Waals surface area contributed by atoms with Crippen LogP contribution in [0.4, 0.5) is 5.13 Å². The molecule has 24 heavy (non-hydrogen) atoms. The second kappa shape index (κ2) is 7.96. The van der Waals surface area contributed by atoms with Gasteiger partial charge in [0, 0.05) is 57.3 Å². The van der Waals surface area contributed by atoms with Crippen molar-refractivity contribution in [1.82, 2.24) is 14.8 Å². The number of carbonyl (C=O) groups excluding carboxylic acids is 2. The van der Waals surface area contributed by atoms with Gasteiger partial charge in [0.25, 0.3) is 0 Å². The van der Waals surface area contributed by atoms with Crippen LogP contribution in [0.5, 0.6) is 0 Å². The van der Waals surface area contributed by atoms with Crippen molar-refractivity contribution < 1.29 is 9.59 Å². The Morgan fingerprint density at radius 2 is 2.00 bits per heavy atom. The maximum absolute atomic E-state index is 12.9. The van der Waals surface area contributed by atoms with Gasteiger partial charge in [0.2, 0.25) is 11.8 Å². The van der Waals surface area contributed by atoms with Gasteiger partial charge in [0.15, 0.2) is 5.13 Å². The van der Waals surface area contributed by atoms with Gasteiger partial charge in [-0.2, -0.15) is 0 Å². The van der Waals surface area contributed by atoms with Gasteiger partial charge < -0.3 is 14.7 Å². The number of anilines is 1. The highest BCUT2D eigenvalue weighted by Crippen LogP contribution is 2.22. The standard InChI is InChI=1S/C17H26N4O2S/c1-2-15(22)21-7-3-5-14(13-21)16(23)19-8-4-9-20(11-10-19)17-18-6-12-24-17/h6,12,14H,2-5,7-11,13H2,1H3. The van der Waals surface area contributed by atoms with E-state index >= 15 is 0 Å². The van der Waals surface area contributed by atoms with Crippen LogP contribution < -0.4 is 4.90 Å². The monoisotopic (exact) mass is 350 g/mol. The molecule has 0 aromatic carbocycles. The lowest BCUT2D eigenvalue weighted by Gasteiger charge is -2.34. The van der Waals surface area contributed by atoms with Crippen molar-refractivity contribution in [2.24, 2.45) is 5.92 Å². The molecule has 7 heteroatoms. The topological polar surface area (TPSA) is 56.8 Å². The molecule has 1 atom stereocenters. The van der Waals surface area contributed by atoms with Crippen molar-refractivity contribution in [2.45, 2.75) is 32.6 Å². The molecule has 132 valence electrons. The Bertz CT molecular complexity index is 563. The van der Waals surface area contributed by atoms with Gasteiger partial charge in [-0.3, -0.25) is 9.59 Å². The highest BCUT2D eigenvalue weighted by Gasteiger charge is 2.31. The molecule has 2 aliphatic heterocycles. The number of hydrogen-bond acceptors (Lipinski definition) is 5. The average Bonchev–Trinajstić information content (AvgIpc) is 3.05. The van der Waals surface area contributed by atoms with E-state index in [2.05, 4.69) is 9.88 Å². The molecule has 6 nitrogen and oxygen atoms in total. The third-order valence-corrected chi connectivity index (χ3v) is 5.76. The fraction of sp³-hybridized carbons (Fsp3) is 0.706. The fourth-order valence-corrected chi connectivity index (χ4v) is 4.29. The summed E-state index contributed by atoms with van der Waals surface area (Å²) in [6.45, 7) is 6.61. The van der Waals surface area contributed by atoms with Crippen LogP contribution in [0.2, 0.25) is 0 Å². The lowest BCUT2D eigenvalue weighted by atomic mass is 9.96. The molecule has 0 N–H and O–H groups in total. The Labute approximate surface area is 147 Å². The number of thiazole rings is 1. The molecule has 3 rings (SSSR count). The zero-order chi connectivity index (χ0) is 16.9. The molecule has 2 saturated heterocycles. The minimum Gasteiger partial charge on any atom is -0.346 e. The molecule has 0 radical (unpaired) electrons. The number of carbonyl (C=O) groups is 2. The fourth-order valence-electron chi connectivity index (χ4n) is 3.59. The van der Waals surface area contributed by atoms with E-state index < -0.39 is 0 Å². The van der Waals surface area contributed by atoms with Crippen LogP contribution in [0.25, 0.3) is 0 Å². The molecule has 2 aliphatic rings. The maximum atomic E-state index is 12.9. The minimum atomic E-state index is -0.0272. The van der Waals surface area contributed by atoms with Crippen LogP contribution in [0, 0.1) is 5.92 Å². The first-order valence-electron chi connectivity index (χ1n) is 8.90. The van der Waals surface area contributed by atoms with Crippen molar-refractivity contribution >= 4 is 28.3 Å². The van der Waals surface area contributed by atoms with Crippen molar-refractivity contribution in [2.75, 3.05) is 44.2 Å². The molecule has 0 saturated carbocycles. The van der Waals surface area contributed by atoms with E-state index in [0.29, 0.717) is 13.0 Å². The summed E-state index contributed by atoms with van der Waals surface area (Å²) in [4.78, 5) is 35.4. The smallest absolute Gasteiger partial charge is 0.227 e. The second-order valence-electron chi connectivity index (χ2n) is 6.51. The highest BCUT2D eigenvalue weighted by molar-refractivity contribution is 7.13. The van der Waals surface area contributed by atoms with E-state index in [4.69, 9.17) is 0 Å². The van der Waals surface area contributed by atoms with Gasteiger partial charge in [-0.25, -0.2) is 4.98 Å². The number of rotatable bonds is 3. The summed E-state index contributed by atoms with van der Waals surface area (Å²) in [5.41, 5.74) is 0. The highest BCUT2D eigenvalue weighted by atomic mass is 32.1. The summed E-state index contributed by atoms with van der Waals surface area (Å²) in [6, 6.07) is 0. The Hall–Kier alpha value is -1.63. The van der Waals surface area contributed by atoms with Gasteiger partial charge >= 0.3 is 0 Å². The first-order valence-corrected chi connectivity index (χ1v) is 9.78. The molecule has 1 unspecified atom stereocenters. The zero-order valence-corrected chi connectivity index (χ0v) is 15.1. The van der Waals surface area contributed by atoms with Gasteiger partial charge in [-0.15, -0.1) is 11.3 Å². The third-order valence-electron chi connectivity index (χ3n) is 4.92. The normalized spacial score (nSPS) is 22.4. The van der Waals surface area contributed by atoms with Crippen LogP contribution in [-0.2, 0) is 9.59 Å². The van der Waals surface area contributed by atoms with Crippen LogP contribution in [0.1, 0.15) is 32.6 Å². The number of likely N-dealkylation sites (tertiary alicyclic amines) is 1. The summed E-state index contributed by atoms with van der Waals surface area (Å²) in [5, 5.41) is 3.03. The summed E-state index contributed by atoms with van der Waals surface area (Å²) < 4.78 is 0. The summed E-state index contributed by atoms with van der Waals surface area (Å²) in [6.07, 6.45) is 5.15. The van der Waals surface area contributed by atoms with Crippen LogP contribution in [0.15, 0.2) is 11.6 Å². The van der Waals surface area contributed by atoms with E-state index in [1.807, 2.05) is 28.3 Å². The summed E-state index contributed by atoms with van der Waals surface area (Å²) in [7, 11) is 0. The summed E-state index contributed by atoms with van der Waals surface area (Å²) in [5.74, 6) is 0.364. The molecule has 2 fully saturated rings. The van der Waals surface area contributed by atoms with Crippen LogP contribution in [-0.4, -0.2) is 65.9 Å². The van der Waals surface area contributed by atoms with Gasteiger partial charge in [-0.1, -0.05) is 6.92 Å². The molecule has 0 spiro atoms. The number of piperidine rings is 1. The number of aromatic nitrogens is 1. The van der Waals surface area contributed by atoms with Gasteiger partial charge in [0.1, 0.15) is 0 Å². The Balaban J connectivity index is 1.57. The van der Waals surface area contributed by atoms with Crippen molar-refractivity contribution in [1.29, 1.82) is 0 Å². The lowest BCUT2D eigenvalue weighted by molar-refractivity contribution is -0.140. The molecule has 1 aromatic heterocycles. The molecule has 0 bridgehead atoms. The largest absolute Gasteiger partial charge is 0.346 e. The van der Waals surface area contributed by atoms with E-state index in [9.17, 15) is 9.59 Å². The predicted octanol–water partition coefficient (Wildman–Crippen LogP) is 1.83.